The highest BCUT2D eigenvalue weighted by molar-refractivity contribution is 6.35. The molecule has 0 unspecified atom stereocenters. The molecule has 2 nitrogen and oxygen atoms in total. The van der Waals surface area contributed by atoms with Crippen molar-refractivity contribution in [3.8, 4) is 5.75 Å². The van der Waals surface area contributed by atoms with E-state index in [-0.39, 0.29) is 12.4 Å². The first-order valence-corrected chi connectivity index (χ1v) is 7.02. The minimum absolute atomic E-state index is 0.00956. The van der Waals surface area contributed by atoms with Crippen molar-refractivity contribution in [2.75, 3.05) is 6.61 Å². The van der Waals surface area contributed by atoms with Crippen LogP contribution < -0.4 is 4.74 Å². The van der Waals surface area contributed by atoms with Crippen molar-refractivity contribution in [2.24, 2.45) is 0 Å². The maximum Gasteiger partial charge on any atom is 0.200 e. The fourth-order valence-corrected chi connectivity index (χ4v) is 2.44. The van der Waals surface area contributed by atoms with E-state index < -0.39 is 0 Å². The Morgan fingerprint density at radius 3 is 2.29 bits per heavy atom. The number of benzene rings is 3. The van der Waals surface area contributed by atoms with Crippen LogP contribution in [-0.2, 0) is 0 Å². The second-order valence-corrected chi connectivity index (χ2v) is 5.08. The van der Waals surface area contributed by atoms with Crippen molar-refractivity contribution >= 4 is 28.2 Å². The maximum absolute atomic E-state index is 12.1. The third-order valence-corrected chi connectivity index (χ3v) is 3.61. The van der Waals surface area contributed by atoms with E-state index in [0.717, 1.165) is 10.8 Å². The van der Waals surface area contributed by atoms with E-state index in [0.29, 0.717) is 16.3 Å². The molecule has 0 saturated heterocycles. The van der Waals surface area contributed by atoms with Gasteiger partial charge in [-0.25, -0.2) is 0 Å². The molecule has 0 heterocycles. The lowest BCUT2D eigenvalue weighted by Crippen LogP contribution is -2.11. The van der Waals surface area contributed by atoms with Gasteiger partial charge < -0.3 is 4.74 Å². The first kappa shape index (κ1) is 13.7. The van der Waals surface area contributed by atoms with Crippen LogP contribution >= 0.6 is 11.6 Å². The number of halogens is 1. The SMILES string of the molecule is O=C(COc1ccc(Cl)c2ccccc12)c1ccccc1. The molecule has 3 heteroatoms. The maximum atomic E-state index is 12.1. The van der Waals surface area contributed by atoms with Gasteiger partial charge in [0.15, 0.2) is 12.4 Å². The lowest BCUT2D eigenvalue weighted by Gasteiger charge is -2.10. The van der Waals surface area contributed by atoms with E-state index in [9.17, 15) is 4.79 Å². The van der Waals surface area contributed by atoms with E-state index in [2.05, 4.69) is 0 Å². The van der Waals surface area contributed by atoms with Gasteiger partial charge in [-0.3, -0.25) is 4.79 Å². The van der Waals surface area contributed by atoms with E-state index in [1.54, 1.807) is 24.3 Å². The minimum Gasteiger partial charge on any atom is -0.485 e. The van der Waals surface area contributed by atoms with Gasteiger partial charge in [0.2, 0.25) is 0 Å². The van der Waals surface area contributed by atoms with Gasteiger partial charge in [-0.2, -0.15) is 0 Å². The molecule has 3 aromatic carbocycles. The van der Waals surface area contributed by atoms with Gasteiger partial charge >= 0.3 is 0 Å². The molecule has 0 aromatic heterocycles. The highest BCUT2D eigenvalue weighted by Gasteiger charge is 2.09. The zero-order valence-corrected chi connectivity index (χ0v) is 12.0. The normalized spacial score (nSPS) is 10.5. The summed E-state index contributed by atoms with van der Waals surface area (Å²) in [5.41, 5.74) is 0.649. The Balaban J connectivity index is 1.83. The third-order valence-electron chi connectivity index (χ3n) is 3.29. The summed E-state index contributed by atoms with van der Waals surface area (Å²) in [6.45, 7) is 0.00956. The van der Waals surface area contributed by atoms with Gasteiger partial charge in [0, 0.05) is 21.4 Å². The zero-order valence-electron chi connectivity index (χ0n) is 11.3. The first-order valence-electron chi connectivity index (χ1n) is 6.64. The second kappa shape index (κ2) is 5.98. The molecule has 3 rings (SSSR count). The number of ketones is 1. The van der Waals surface area contributed by atoms with Crippen LogP contribution in [0.5, 0.6) is 5.75 Å². The van der Waals surface area contributed by atoms with Crippen LogP contribution in [-0.4, -0.2) is 12.4 Å². The van der Waals surface area contributed by atoms with Crippen LogP contribution in [0, 0.1) is 0 Å². The van der Waals surface area contributed by atoms with Crippen molar-refractivity contribution in [2.45, 2.75) is 0 Å². The Morgan fingerprint density at radius 2 is 1.52 bits per heavy atom. The Hall–Kier alpha value is -2.32. The molecular formula is C18H13ClO2. The lowest BCUT2D eigenvalue weighted by molar-refractivity contribution is 0.0922. The Labute approximate surface area is 127 Å². The first-order chi connectivity index (χ1) is 10.3. The van der Waals surface area contributed by atoms with Crippen LogP contribution in [0.15, 0.2) is 66.7 Å². The number of carbonyl (C=O) groups excluding carboxylic acids is 1. The topological polar surface area (TPSA) is 26.3 Å². The Morgan fingerprint density at radius 1 is 0.857 bits per heavy atom. The van der Waals surface area contributed by atoms with Crippen LogP contribution in [0.3, 0.4) is 0 Å². The quantitative estimate of drug-likeness (QED) is 0.649. The van der Waals surface area contributed by atoms with Crippen LogP contribution in [0.2, 0.25) is 5.02 Å². The average molecular weight is 297 g/mol. The second-order valence-electron chi connectivity index (χ2n) is 4.67. The zero-order chi connectivity index (χ0) is 14.7. The average Bonchev–Trinajstić information content (AvgIpc) is 2.55. The largest absolute Gasteiger partial charge is 0.485 e. The fraction of sp³-hybridized carbons (Fsp3) is 0.0556. The highest BCUT2D eigenvalue weighted by Crippen LogP contribution is 2.31. The number of hydrogen-bond donors (Lipinski definition) is 0. The summed E-state index contributed by atoms with van der Waals surface area (Å²) in [5, 5.41) is 2.50. The molecule has 0 atom stereocenters. The van der Waals surface area contributed by atoms with Crippen LogP contribution in [0.4, 0.5) is 0 Å². The van der Waals surface area contributed by atoms with Crippen molar-refractivity contribution in [1.82, 2.24) is 0 Å². The number of ether oxygens (including phenoxy) is 1. The van der Waals surface area contributed by atoms with Gasteiger partial charge in [-0.1, -0.05) is 66.2 Å². The molecule has 3 aromatic rings. The van der Waals surface area contributed by atoms with Crippen molar-refractivity contribution in [3.05, 3.63) is 77.3 Å². The molecule has 0 aliphatic rings. The molecular weight excluding hydrogens is 284 g/mol. The Bertz CT molecular complexity index is 782. The predicted octanol–water partition coefficient (Wildman–Crippen LogP) is 4.75. The molecule has 0 bridgehead atoms. The molecule has 0 spiro atoms. The molecule has 0 aliphatic heterocycles. The smallest absolute Gasteiger partial charge is 0.200 e. The van der Waals surface area contributed by atoms with E-state index in [1.165, 1.54) is 0 Å². The van der Waals surface area contributed by atoms with Gasteiger partial charge in [-0.05, 0) is 12.1 Å². The van der Waals surface area contributed by atoms with Crippen LogP contribution in [0.25, 0.3) is 10.8 Å². The monoisotopic (exact) mass is 296 g/mol. The van der Waals surface area contributed by atoms with E-state index in [4.69, 9.17) is 16.3 Å². The summed E-state index contributed by atoms with van der Waals surface area (Å²) in [6, 6.07) is 20.4. The van der Waals surface area contributed by atoms with E-state index >= 15 is 0 Å². The number of hydrogen-bond acceptors (Lipinski definition) is 2. The van der Waals surface area contributed by atoms with Gasteiger partial charge in [0.25, 0.3) is 0 Å². The molecule has 21 heavy (non-hydrogen) atoms. The van der Waals surface area contributed by atoms with E-state index in [1.807, 2.05) is 42.5 Å². The predicted molar refractivity (Wildman–Crippen MR) is 85.2 cm³/mol. The molecule has 0 radical (unpaired) electrons. The van der Waals surface area contributed by atoms with Crippen molar-refractivity contribution < 1.29 is 9.53 Å². The molecule has 0 saturated carbocycles. The number of rotatable bonds is 4. The van der Waals surface area contributed by atoms with Crippen LogP contribution in [0.1, 0.15) is 10.4 Å². The van der Waals surface area contributed by atoms with Gasteiger partial charge in [0.05, 0.1) is 0 Å². The standard InChI is InChI=1S/C18H13ClO2/c19-16-10-11-18(15-9-5-4-8-14(15)16)21-12-17(20)13-6-2-1-3-7-13/h1-11H,12H2. The molecule has 0 aliphatic carbocycles. The molecule has 104 valence electrons. The Kier molecular flexibility index (Phi) is 3.89. The summed E-state index contributed by atoms with van der Waals surface area (Å²) in [6.07, 6.45) is 0. The summed E-state index contributed by atoms with van der Waals surface area (Å²) in [4.78, 5) is 12.1. The minimum atomic E-state index is -0.0466. The number of Topliss-reactive ketones (excluding diaryl/α,β-unsaturated/α-hetero) is 1. The molecule has 0 N–H and O–H groups in total. The summed E-state index contributed by atoms with van der Waals surface area (Å²) in [5.74, 6) is 0.619. The lowest BCUT2D eigenvalue weighted by atomic mass is 10.1. The molecule has 0 fully saturated rings. The summed E-state index contributed by atoms with van der Waals surface area (Å²) >= 11 is 6.17. The van der Waals surface area contributed by atoms with Crippen molar-refractivity contribution in [3.63, 3.8) is 0 Å². The third kappa shape index (κ3) is 2.91. The summed E-state index contributed by atoms with van der Waals surface area (Å²) in [7, 11) is 0. The summed E-state index contributed by atoms with van der Waals surface area (Å²) < 4.78 is 5.68. The molecule has 0 amide bonds. The van der Waals surface area contributed by atoms with Gasteiger partial charge in [0.1, 0.15) is 5.75 Å². The number of carbonyl (C=O) groups is 1. The fourth-order valence-electron chi connectivity index (χ4n) is 2.21. The van der Waals surface area contributed by atoms with Crippen molar-refractivity contribution in [1.29, 1.82) is 0 Å². The van der Waals surface area contributed by atoms with Gasteiger partial charge in [-0.15, -0.1) is 0 Å². The highest BCUT2D eigenvalue weighted by atomic mass is 35.5. The number of fused-ring (bicyclic) bond motifs is 1.